The number of nitrogens with zero attached hydrogens (tertiary/aromatic N) is 1. The zero-order chi connectivity index (χ0) is 17.4. The molecular weight excluding hydrogens is 322 g/mol. The van der Waals surface area contributed by atoms with E-state index in [4.69, 9.17) is 14.6 Å². The monoisotopic (exact) mass is 339 g/mol. The average Bonchev–Trinajstić information content (AvgIpc) is 3.29. The number of carboxylic acids is 1. The molecule has 1 N–H and O–H groups in total. The Hall–Kier alpha value is -3.02. The number of rotatable bonds is 3. The fourth-order valence-electron chi connectivity index (χ4n) is 3.43. The smallest absolute Gasteiger partial charge is 0.335 e. The molecule has 6 heteroatoms. The van der Waals surface area contributed by atoms with Crippen LogP contribution in [0, 0.1) is 0 Å². The molecule has 1 amide bonds. The third kappa shape index (κ3) is 2.80. The molecule has 2 aromatic carbocycles. The minimum absolute atomic E-state index is 0.0458. The van der Waals surface area contributed by atoms with Crippen molar-refractivity contribution < 1.29 is 24.2 Å². The van der Waals surface area contributed by atoms with E-state index in [1.54, 1.807) is 17.0 Å². The number of amides is 1. The van der Waals surface area contributed by atoms with Gasteiger partial charge in [-0.3, -0.25) is 4.79 Å². The van der Waals surface area contributed by atoms with Crippen LogP contribution in [0.25, 0.3) is 0 Å². The predicted molar refractivity (Wildman–Crippen MR) is 89.0 cm³/mol. The molecule has 0 saturated carbocycles. The molecule has 1 fully saturated rings. The van der Waals surface area contributed by atoms with Crippen molar-refractivity contribution in [1.82, 2.24) is 4.90 Å². The van der Waals surface area contributed by atoms with Crippen LogP contribution in [0.4, 0.5) is 0 Å². The zero-order valence-corrected chi connectivity index (χ0v) is 13.5. The topological polar surface area (TPSA) is 76.1 Å². The molecule has 4 rings (SSSR count). The lowest BCUT2D eigenvalue weighted by Crippen LogP contribution is -2.30. The zero-order valence-electron chi connectivity index (χ0n) is 13.5. The Labute approximate surface area is 144 Å². The predicted octanol–water partition coefficient (Wildman–Crippen LogP) is 3.09. The van der Waals surface area contributed by atoms with Gasteiger partial charge in [0.15, 0.2) is 11.5 Å². The van der Waals surface area contributed by atoms with Crippen molar-refractivity contribution in [2.45, 2.75) is 18.9 Å². The number of aromatic carboxylic acids is 1. The van der Waals surface area contributed by atoms with Gasteiger partial charge in [0.05, 0.1) is 11.6 Å². The van der Waals surface area contributed by atoms with Crippen molar-refractivity contribution in [3.8, 4) is 11.5 Å². The number of ether oxygens (including phenoxy) is 2. The molecule has 1 atom stereocenters. The van der Waals surface area contributed by atoms with Crippen LogP contribution in [-0.4, -0.2) is 35.2 Å². The van der Waals surface area contributed by atoms with Gasteiger partial charge in [0, 0.05) is 12.1 Å². The minimum Gasteiger partial charge on any atom is -0.478 e. The standard InChI is InChI=1S/C19H17NO5/c21-18(13-3-1-4-14(9-13)19(22)23)20-8-2-5-15(20)12-6-7-16-17(10-12)25-11-24-16/h1,3-4,6-7,9-10,15H,2,5,8,11H2,(H,22,23). The maximum atomic E-state index is 12.9. The second-order valence-corrected chi connectivity index (χ2v) is 6.16. The van der Waals surface area contributed by atoms with Crippen molar-refractivity contribution in [2.24, 2.45) is 0 Å². The van der Waals surface area contributed by atoms with Gasteiger partial charge in [0.25, 0.3) is 5.91 Å². The first-order chi connectivity index (χ1) is 12.1. The SMILES string of the molecule is O=C(O)c1cccc(C(=O)N2CCCC2c2ccc3c(c2)OCO3)c1. The summed E-state index contributed by atoms with van der Waals surface area (Å²) in [4.78, 5) is 25.9. The lowest BCUT2D eigenvalue weighted by atomic mass is 10.0. The molecule has 0 aromatic heterocycles. The van der Waals surface area contributed by atoms with Gasteiger partial charge in [-0.15, -0.1) is 0 Å². The summed E-state index contributed by atoms with van der Waals surface area (Å²) in [6, 6.07) is 11.9. The third-order valence-corrected chi connectivity index (χ3v) is 4.65. The Kier molecular flexibility index (Phi) is 3.80. The van der Waals surface area contributed by atoms with Crippen LogP contribution in [0.2, 0.25) is 0 Å². The summed E-state index contributed by atoms with van der Waals surface area (Å²) in [5.41, 5.74) is 1.52. The first kappa shape index (κ1) is 15.5. The van der Waals surface area contributed by atoms with Gasteiger partial charge >= 0.3 is 5.97 Å². The van der Waals surface area contributed by atoms with Crippen LogP contribution in [-0.2, 0) is 0 Å². The van der Waals surface area contributed by atoms with Gasteiger partial charge in [0.2, 0.25) is 6.79 Å². The number of likely N-dealkylation sites (tertiary alicyclic amines) is 1. The summed E-state index contributed by atoms with van der Waals surface area (Å²) in [5, 5.41) is 9.13. The molecule has 0 spiro atoms. The van der Waals surface area contributed by atoms with Crippen LogP contribution in [0.5, 0.6) is 11.5 Å². The minimum atomic E-state index is -1.04. The molecule has 2 aliphatic rings. The summed E-state index contributed by atoms with van der Waals surface area (Å²) < 4.78 is 10.8. The molecule has 6 nitrogen and oxygen atoms in total. The molecule has 128 valence electrons. The van der Waals surface area contributed by atoms with Crippen LogP contribution in [0.3, 0.4) is 0 Å². The second-order valence-electron chi connectivity index (χ2n) is 6.16. The van der Waals surface area contributed by atoms with Crippen molar-refractivity contribution in [3.63, 3.8) is 0 Å². The number of benzene rings is 2. The number of hydrogen-bond donors (Lipinski definition) is 1. The number of carboxylic acid groups (broad SMARTS) is 1. The van der Waals surface area contributed by atoms with Crippen molar-refractivity contribution in [3.05, 3.63) is 59.2 Å². The highest BCUT2D eigenvalue weighted by molar-refractivity contribution is 5.97. The molecule has 1 saturated heterocycles. The van der Waals surface area contributed by atoms with Gasteiger partial charge in [-0.2, -0.15) is 0 Å². The lowest BCUT2D eigenvalue weighted by Gasteiger charge is -2.25. The van der Waals surface area contributed by atoms with E-state index in [0.717, 1.165) is 18.4 Å². The number of fused-ring (bicyclic) bond motifs is 1. The number of carbonyl (C=O) groups is 2. The quantitative estimate of drug-likeness (QED) is 0.930. The summed E-state index contributed by atoms with van der Waals surface area (Å²) in [5.74, 6) is 0.227. The lowest BCUT2D eigenvalue weighted by molar-refractivity contribution is 0.0697. The fraction of sp³-hybridized carbons (Fsp3) is 0.263. The van der Waals surface area contributed by atoms with Crippen molar-refractivity contribution in [1.29, 1.82) is 0 Å². The Morgan fingerprint density at radius 2 is 1.84 bits per heavy atom. The first-order valence-corrected chi connectivity index (χ1v) is 8.17. The van der Waals surface area contributed by atoms with E-state index in [1.807, 2.05) is 18.2 Å². The molecular formula is C19H17NO5. The van der Waals surface area contributed by atoms with E-state index in [0.29, 0.717) is 23.6 Å². The summed E-state index contributed by atoms with van der Waals surface area (Å²) in [6.45, 7) is 0.864. The molecule has 1 unspecified atom stereocenters. The Morgan fingerprint density at radius 3 is 2.68 bits per heavy atom. The Balaban J connectivity index is 1.62. The van der Waals surface area contributed by atoms with Gasteiger partial charge in [-0.05, 0) is 48.7 Å². The highest BCUT2D eigenvalue weighted by Gasteiger charge is 2.31. The third-order valence-electron chi connectivity index (χ3n) is 4.65. The van der Waals surface area contributed by atoms with Crippen LogP contribution >= 0.6 is 0 Å². The molecule has 0 aliphatic carbocycles. The molecule has 0 radical (unpaired) electrons. The van der Waals surface area contributed by atoms with Crippen LogP contribution in [0.1, 0.15) is 45.2 Å². The van der Waals surface area contributed by atoms with E-state index in [9.17, 15) is 9.59 Å². The largest absolute Gasteiger partial charge is 0.478 e. The summed E-state index contributed by atoms with van der Waals surface area (Å²) >= 11 is 0. The van der Waals surface area contributed by atoms with E-state index in [2.05, 4.69) is 0 Å². The maximum Gasteiger partial charge on any atom is 0.335 e. The number of hydrogen-bond acceptors (Lipinski definition) is 4. The van der Waals surface area contributed by atoms with E-state index in [1.165, 1.54) is 12.1 Å². The van der Waals surface area contributed by atoms with E-state index in [-0.39, 0.29) is 24.3 Å². The van der Waals surface area contributed by atoms with Gasteiger partial charge < -0.3 is 19.5 Å². The average molecular weight is 339 g/mol. The summed E-state index contributed by atoms with van der Waals surface area (Å²) in [6.07, 6.45) is 1.77. The highest BCUT2D eigenvalue weighted by atomic mass is 16.7. The van der Waals surface area contributed by atoms with Gasteiger partial charge in [0.1, 0.15) is 0 Å². The highest BCUT2D eigenvalue weighted by Crippen LogP contribution is 2.39. The fourth-order valence-corrected chi connectivity index (χ4v) is 3.43. The van der Waals surface area contributed by atoms with Gasteiger partial charge in [-0.1, -0.05) is 12.1 Å². The normalized spacial score (nSPS) is 18.4. The van der Waals surface area contributed by atoms with Crippen LogP contribution < -0.4 is 9.47 Å². The van der Waals surface area contributed by atoms with Crippen molar-refractivity contribution >= 4 is 11.9 Å². The van der Waals surface area contributed by atoms with Crippen LogP contribution in [0.15, 0.2) is 42.5 Å². The molecule has 2 aliphatic heterocycles. The Bertz CT molecular complexity index is 847. The number of carbonyl (C=O) groups excluding carboxylic acids is 1. The Morgan fingerprint density at radius 1 is 1.04 bits per heavy atom. The molecule has 2 heterocycles. The molecule has 0 bridgehead atoms. The first-order valence-electron chi connectivity index (χ1n) is 8.17. The molecule has 25 heavy (non-hydrogen) atoms. The second kappa shape index (κ2) is 6.12. The van der Waals surface area contributed by atoms with Gasteiger partial charge in [-0.25, -0.2) is 4.79 Å². The van der Waals surface area contributed by atoms with Crippen molar-refractivity contribution in [2.75, 3.05) is 13.3 Å². The van der Waals surface area contributed by atoms with E-state index < -0.39 is 5.97 Å². The summed E-state index contributed by atoms with van der Waals surface area (Å²) in [7, 11) is 0. The maximum absolute atomic E-state index is 12.9. The molecule has 2 aromatic rings. The van der Waals surface area contributed by atoms with E-state index >= 15 is 0 Å².